The zero-order valence-corrected chi connectivity index (χ0v) is 12.5. The zero-order chi connectivity index (χ0) is 13.1. The van der Waals surface area contributed by atoms with Crippen LogP contribution in [-0.2, 0) is 4.74 Å². The second-order valence-corrected chi connectivity index (χ2v) is 6.77. The van der Waals surface area contributed by atoms with Crippen molar-refractivity contribution in [3.63, 3.8) is 0 Å². The third-order valence-corrected chi connectivity index (χ3v) is 3.42. The van der Waals surface area contributed by atoms with E-state index in [2.05, 4.69) is 51.8 Å². The summed E-state index contributed by atoms with van der Waals surface area (Å²) in [6.45, 7) is 17.6. The van der Waals surface area contributed by atoms with Gasteiger partial charge in [0.25, 0.3) is 0 Å². The maximum Gasteiger partial charge on any atom is 0.0594 e. The first-order chi connectivity index (χ1) is 7.73. The van der Waals surface area contributed by atoms with Crippen molar-refractivity contribution in [1.82, 2.24) is 10.2 Å². The van der Waals surface area contributed by atoms with Crippen LogP contribution in [0.2, 0.25) is 0 Å². The molecule has 1 aliphatic rings. The van der Waals surface area contributed by atoms with Crippen molar-refractivity contribution in [1.29, 1.82) is 0 Å². The molecule has 0 aromatic carbocycles. The molecule has 1 heterocycles. The minimum atomic E-state index is 0.177. The molecule has 0 atom stereocenters. The third kappa shape index (κ3) is 4.94. The first-order valence-electron chi connectivity index (χ1n) is 6.83. The predicted octanol–water partition coefficient (Wildman–Crippen LogP) is 2.26. The van der Waals surface area contributed by atoms with Crippen LogP contribution >= 0.6 is 0 Å². The van der Waals surface area contributed by atoms with Gasteiger partial charge < -0.3 is 10.1 Å². The molecule has 17 heavy (non-hydrogen) atoms. The van der Waals surface area contributed by atoms with E-state index < -0.39 is 0 Å². The largest absolute Gasteiger partial charge is 0.379 e. The highest BCUT2D eigenvalue weighted by Crippen LogP contribution is 2.27. The molecule has 1 fully saturated rings. The van der Waals surface area contributed by atoms with E-state index in [4.69, 9.17) is 4.74 Å². The SMILES string of the molecule is CC(C)NC(C)(C)CC(C)(C)N1CCOCC1. The first kappa shape index (κ1) is 14.9. The minimum Gasteiger partial charge on any atom is -0.379 e. The summed E-state index contributed by atoms with van der Waals surface area (Å²) in [5.74, 6) is 0. The van der Waals surface area contributed by atoms with E-state index in [0.29, 0.717) is 6.04 Å². The highest BCUT2D eigenvalue weighted by molar-refractivity contribution is 4.93. The van der Waals surface area contributed by atoms with E-state index in [1.165, 1.54) is 0 Å². The fourth-order valence-corrected chi connectivity index (χ4v) is 3.19. The molecular weight excluding hydrogens is 212 g/mol. The van der Waals surface area contributed by atoms with E-state index in [-0.39, 0.29) is 11.1 Å². The molecule has 1 rings (SSSR count). The Morgan fingerprint density at radius 2 is 1.65 bits per heavy atom. The molecule has 0 radical (unpaired) electrons. The highest BCUT2D eigenvalue weighted by atomic mass is 16.5. The van der Waals surface area contributed by atoms with E-state index in [9.17, 15) is 0 Å². The zero-order valence-electron chi connectivity index (χ0n) is 12.5. The van der Waals surface area contributed by atoms with Gasteiger partial charge in [-0.1, -0.05) is 13.8 Å². The Labute approximate surface area is 107 Å². The number of nitrogens with one attached hydrogen (secondary N) is 1. The molecule has 3 nitrogen and oxygen atoms in total. The summed E-state index contributed by atoms with van der Waals surface area (Å²) in [7, 11) is 0. The molecule has 0 unspecified atom stereocenters. The lowest BCUT2D eigenvalue weighted by Gasteiger charge is -2.45. The van der Waals surface area contributed by atoms with Crippen LogP contribution in [0.3, 0.4) is 0 Å². The Kier molecular flexibility index (Phi) is 4.99. The third-order valence-electron chi connectivity index (χ3n) is 3.42. The maximum absolute atomic E-state index is 5.43. The summed E-state index contributed by atoms with van der Waals surface area (Å²) >= 11 is 0. The molecule has 0 bridgehead atoms. The average Bonchev–Trinajstić information content (AvgIpc) is 2.15. The summed E-state index contributed by atoms with van der Waals surface area (Å²) in [6.07, 6.45) is 1.15. The van der Waals surface area contributed by atoms with Crippen LogP contribution < -0.4 is 5.32 Å². The van der Waals surface area contributed by atoms with Crippen molar-refractivity contribution in [2.24, 2.45) is 0 Å². The number of hydrogen-bond acceptors (Lipinski definition) is 3. The van der Waals surface area contributed by atoms with Gasteiger partial charge in [0.2, 0.25) is 0 Å². The first-order valence-corrected chi connectivity index (χ1v) is 6.83. The topological polar surface area (TPSA) is 24.5 Å². The molecule has 0 aliphatic carbocycles. The van der Waals surface area contributed by atoms with E-state index in [0.717, 1.165) is 32.7 Å². The Morgan fingerprint density at radius 3 is 2.12 bits per heavy atom. The Balaban J connectivity index is 2.57. The van der Waals surface area contributed by atoms with E-state index in [1.54, 1.807) is 0 Å². The highest BCUT2D eigenvalue weighted by Gasteiger charge is 2.34. The summed E-state index contributed by atoms with van der Waals surface area (Å²) < 4.78 is 5.43. The van der Waals surface area contributed by atoms with Crippen LogP contribution in [0.15, 0.2) is 0 Å². The number of ether oxygens (including phenoxy) is 1. The van der Waals surface area contributed by atoms with Crippen molar-refractivity contribution in [2.45, 2.75) is 65.1 Å². The van der Waals surface area contributed by atoms with Gasteiger partial charge in [-0.15, -0.1) is 0 Å². The van der Waals surface area contributed by atoms with Gasteiger partial charge in [-0.2, -0.15) is 0 Å². The molecule has 3 heteroatoms. The standard InChI is InChI=1S/C14H30N2O/c1-12(2)15-13(3,4)11-14(5,6)16-7-9-17-10-8-16/h12,15H,7-11H2,1-6H3. The van der Waals surface area contributed by atoms with Crippen LogP contribution in [0.1, 0.15) is 48.0 Å². The van der Waals surface area contributed by atoms with Gasteiger partial charge in [-0.3, -0.25) is 4.90 Å². The molecule has 0 spiro atoms. The normalized spacial score (nSPS) is 19.9. The van der Waals surface area contributed by atoms with Crippen LogP contribution in [0, 0.1) is 0 Å². The number of morpholine rings is 1. The summed E-state index contributed by atoms with van der Waals surface area (Å²) in [6, 6.07) is 0.533. The van der Waals surface area contributed by atoms with Crippen LogP contribution in [0.5, 0.6) is 0 Å². The minimum absolute atomic E-state index is 0.177. The van der Waals surface area contributed by atoms with E-state index >= 15 is 0 Å². The molecule has 1 N–H and O–H groups in total. The number of hydrogen-bond donors (Lipinski definition) is 1. The second kappa shape index (κ2) is 5.68. The van der Waals surface area contributed by atoms with Crippen molar-refractivity contribution in [3.8, 4) is 0 Å². The fourth-order valence-electron chi connectivity index (χ4n) is 3.19. The molecule has 1 saturated heterocycles. The lowest BCUT2D eigenvalue weighted by atomic mass is 9.85. The van der Waals surface area contributed by atoms with Crippen LogP contribution in [0.25, 0.3) is 0 Å². The van der Waals surface area contributed by atoms with Gasteiger partial charge in [-0.05, 0) is 34.1 Å². The smallest absolute Gasteiger partial charge is 0.0594 e. The van der Waals surface area contributed by atoms with Crippen LogP contribution in [0.4, 0.5) is 0 Å². The fraction of sp³-hybridized carbons (Fsp3) is 1.00. The Morgan fingerprint density at radius 1 is 1.12 bits per heavy atom. The molecule has 1 aliphatic heterocycles. The van der Waals surface area contributed by atoms with Gasteiger partial charge in [0.05, 0.1) is 13.2 Å². The Bertz CT molecular complexity index is 230. The monoisotopic (exact) mass is 242 g/mol. The number of rotatable bonds is 5. The van der Waals surface area contributed by atoms with Crippen molar-refractivity contribution in [3.05, 3.63) is 0 Å². The van der Waals surface area contributed by atoms with Gasteiger partial charge in [0.1, 0.15) is 0 Å². The van der Waals surface area contributed by atoms with Crippen molar-refractivity contribution in [2.75, 3.05) is 26.3 Å². The Hall–Kier alpha value is -0.120. The van der Waals surface area contributed by atoms with Gasteiger partial charge in [-0.25, -0.2) is 0 Å². The maximum atomic E-state index is 5.43. The summed E-state index contributed by atoms with van der Waals surface area (Å²) in [5.41, 5.74) is 0.408. The number of nitrogens with zero attached hydrogens (tertiary/aromatic N) is 1. The van der Waals surface area contributed by atoms with Crippen molar-refractivity contribution >= 4 is 0 Å². The molecular formula is C14H30N2O. The predicted molar refractivity (Wildman–Crippen MR) is 73.4 cm³/mol. The molecule has 0 aromatic rings. The molecule has 0 aromatic heterocycles. The lowest BCUT2D eigenvalue weighted by Crippen LogP contribution is -2.56. The van der Waals surface area contributed by atoms with Crippen LogP contribution in [-0.4, -0.2) is 48.3 Å². The molecule has 0 amide bonds. The van der Waals surface area contributed by atoms with Gasteiger partial charge in [0.15, 0.2) is 0 Å². The summed E-state index contributed by atoms with van der Waals surface area (Å²) in [4.78, 5) is 2.56. The van der Waals surface area contributed by atoms with Crippen molar-refractivity contribution < 1.29 is 4.74 Å². The quantitative estimate of drug-likeness (QED) is 0.800. The van der Waals surface area contributed by atoms with Gasteiger partial charge >= 0.3 is 0 Å². The van der Waals surface area contributed by atoms with Gasteiger partial charge in [0, 0.05) is 30.2 Å². The lowest BCUT2D eigenvalue weighted by molar-refractivity contribution is -0.0207. The average molecular weight is 242 g/mol. The summed E-state index contributed by atoms with van der Waals surface area (Å²) in [5, 5.41) is 3.66. The van der Waals surface area contributed by atoms with E-state index in [1.807, 2.05) is 0 Å². The second-order valence-electron chi connectivity index (χ2n) is 6.77. The molecule has 0 saturated carbocycles. The molecule has 102 valence electrons.